The summed E-state index contributed by atoms with van der Waals surface area (Å²) in [7, 11) is 0. The molecule has 2 rings (SSSR count). The van der Waals surface area contributed by atoms with Crippen molar-refractivity contribution < 1.29 is 0 Å². The van der Waals surface area contributed by atoms with Crippen LogP contribution in [0.4, 0.5) is 0 Å². The van der Waals surface area contributed by atoms with Crippen LogP contribution in [0.15, 0.2) is 45.5 Å². The fourth-order valence-corrected chi connectivity index (χ4v) is 3.06. The summed E-state index contributed by atoms with van der Waals surface area (Å²) < 4.78 is 2.21. The lowest BCUT2D eigenvalue weighted by molar-refractivity contribution is 0.522. The van der Waals surface area contributed by atoms with Gasteiger partial charge in [-0.3, -0.25) is 4.98 Å². The van der Waals surface area contributed by atoms with Crippen LogP contribution in [0.25, 0.3) is 0 Å². The molecule has 0 saturated carbocycles. The van der Waals surface area contributed by atoms with E-state index in [2.05, 4.69) is 80.3 Å². The summed E-state index contributed by atoms with van der Waals surface area (Å²) in [6.07, 6.45) is 3.86. The second-order valence-corrected chi connectivity index (χ2v) is 6.87. The van der Waals surface area contributed by atoms with Crippen molar-refractivity contribution in [1.82, 2.24) is 10.3 Å². The highest BCUT2D eigenvalue weighted by atomic mass is 79.9. The molecular formula is C17H20Br2N2. The van der Waals surface area contributed by atoms with E-state index in [1.165, 1.54) is 15.6 Å². The fourth-order valence-electron chi connectivity index (χ4n) is 2.29. The molecule has 1 unspecified atom stereocenters. The van der Waals surface area contributed by atoms with E-state index in [4.69, 9.17) is 0 Å². The molecule has 0 saturated heterocycles. The van der Waals surface area contributed by atoms with Gasteiger partial charge in [-0.25, -0.2) is 0 Å². The van der Waals surface area contributed by atoms with Crippen molar-refractivity contribution in [2.75, 3.05) is 6.54 Å². The maximum atomic E-state index is 4.50. The van der Waals surface area contributed by atoms with Crippen LogP contribution in [0, 0.1) is 6.92 Å². The number of aryl methyl sites for hydroxylation is 1. The predicted octanol–water partition coefficient (Wildman–Crippen LogP) is 5.20. The molecule has 1 aromatic carbocycles. The third-order valence-electron chi connectivity index (χ3n) is 3.44. The molecule has 1 heterocycles. The predicted molar refractivity (Wildman–Crippen MR) is 95.6 cm³/mol. The van der Waals surface area contributed by atoms with Gasteiger partial charge in [0.2, 0.25) is 0 Å². The van der Waals surface area contributed by atoms with E-state index in [0.717, 1.165) is 29.6 Å². The second-order valence-electron chi connectivity index (χ2n) is 5.16. The summed E-state index contributed by atoms with van der Waals surface area (Å²) in [5, 5.41) is 3.64. The van der Waals surface area contributed by atoms with Crippen molar-refractivity contribution in [3.8, 4) is 0 Å². The van der Waals surface area contributed by atoms with E-state index in [1.54, 1.807) is 0 Å². The number of nitrogens with zero attached hydrogens (tertiary/aromatic N) is 1. The Kier molecular flexibility index (Phi) is 6.40. The van der Waals surface area contributed by atoms with Crippen molar-refractivity contribution in [1.29, 1.82) is 0 Å². The summed E-state index contributed by atoms with van der Waals surface area (Å²) in [5.74, 6) is 0. The maximum absolute atomic E-state index is 4.50. The van der Waals surface area contributed by atoms with Crippen molar-refractivity contribution in [2.45, 2.75) is 32.7 Å². The lowest BCUT2D eigenvalue weighted by atomic mass is 9.99. The van der Waals surface area contributed by atoms with E-state index < -0.39 is 0 Å². The molecule has 0 bridgehead atoms. The van der Waals surface area contributed by atoms with Crippen LogP contribution >= 0.6 is 31.9 Å². The number of benzene rings is 1. The Morgan fingerprint density at radius 2 is 2.00 bits per heavy atom. The Morgan fingerprint density at radius 1 is 1.19 bits per heavy atom. The minimum atomic E-state index is 0.271. The smallest absolute Gasteiger partial charge is 0.0423 e. The highest BCUT2D eigenvalue weighted by Gasteiger charge is 2.16. The molecule has 0 spiro atoms. The monoisotopic (exact) mass is 410 g/mol. The van der Waals surface area contributed by atoms with E-state index >= 15 is 0 Å². The van der Waals surface area contributed by atoms with Crippen LogP contribution < -0.4 is 5.32 Å². The summed E-state index contributed by atoms with van der Waals surface area (Å²) >= 11 is 7.16. The quantitative estimate of drug-likeness (QED) is 0.706. The Hall–Kier alpha value is -0.710. The average Bonchev–Trinajstić information content (AvgIpc) is 2.48. The molecular weight excluding hydrogens is 392 g/mol. The Bertz CT molecular complexity index is 582. The summed E-state index contributed by atoms with van der Waals surface area (Å²) in [4.78, 5) is 4.50. The zero-order chi connectivity index (χ0) is 15.2. The number of pyridine rings is 1. The molecule has 2 nitrogen and oxygen atoms in total. The molecule has 1 atom stereocenters. The van der Waals surface area contributed by atoms with Gasteiger partial charge in [0.15, 0.2) is 0 Å². The number of nitrogens with one attached hydrogen (secondary N) is 1. The lowest BCUT2D eigenvalue weighted by Crippen LogP contribution is -2.25. The Balaban J connectivity index is 2.25. The first kappa shape index (κ1) is 16.7. The zero-order valence-electron chi connectivity index (χ0n) is 12.4. The zero-order valence-corrected chi connectivity index (χ0v) is 15.5. The van der Waals surface area contributed by atoms with Gasteiger partial charge in [0.25, 0.3) is 0 Å². The van der Waals surface area contributed by atoms with Gasteiger partial charge in [0.05, 0.1) is 0 Å². The molecule has 1 N–H and O–H groups in total. The fraction of sp³-hybridized carbons (Fsp3) is 0.353. The first-order valence-electron chi connectivity index (χ1n) is 7.20. The minimum absolute atomic E-state index is 0.271. The first-order valence-corrected chi connectivity index (χ1v) is 8.79. The molecule has 0 radical (unpaired) electrons. The number of hydrogen-bond donors (Lipinski definition) is 1. The van der Waals surface area contributed by atoms with Gasteiger partial charge in [-0.05, 0) is 59.1 Å². The van der Waals surface area contributed by atoms with Crippen LogP contribution in [0.3, 0.4) is 0 Å². The van der Waals surface area contributed by atoms with Crippen LogP contribution in [0.5, 0.6) is 0 Å². The molecule has 1 aromatic heterocycles. The standard InChI is InChI=1S/C17H20Br2N2/c1-3-9-20-16(10-14-8-7-13(18)11-21-14)15-6-4-5-12(2)17(15)19/h4-8,11,16,20H,3,9-10H2,1-2H3. The SMILES string of the molecule is CCCNC(Cc1ccc(Br)cn1)c1cccc(C)c1Br. The van der Waals surface area contributed by atoms with Gasteiger partial charge in [-0.2, -0.15) is 0 Å². The van der Waals surface area contributed by atoms with Gasteiger partial charge in [0, 0.05) is 33.3 Å². The van der Waals surface area contributed by atoms with E-state index in [-0.39, 0.29) is 6.04 Å². The van der Waals surface area contributed by atoms with Gasteiger partial charge in [-0.15, -0.1) is 0 Å². The van der Waals surface area contributed by atoms with Crippen molar-refractivity contribution >= 4 is 31.9 Å². The van der Waals surface area contributed by atoms with E-state index in [1.807, 2.05) is 12.3 Å². The third-order valence-corrected chi connectivity index (χ3v) is 4.99. The van der Waals surface area contributed by atoms with Crippen LogP contribution in [0.1, 0.15) is 36.2 Å². The second kappa shape index (κ2) is 8.06. The molecule has 0 fully saturated rings. The number of halogens is 2. The summed E-state index contributed by atoms with van der Waals surface area (Å²) in [6, 6.07) is 10.8. The van der Waals surface area contributed by atoms with Gasteiger partial charge >= 0.3 is 0 Å². The lowest BCUT2D eigenvalue weighted by Gasteiger charge is -2.21. The number of aromatic nitrogens is 1. The third kappa shape index (κ3) is 4.63. The number of hydrogen-bond acceptors (Lipinski definition) is 2. The molecule has 21 heavy (non-hydrogen) atoms. The maximum Gasteiger partial charge on any atom is 0.0423 e. The normalized spacial score (nSPS) is 12.4. The molecule has 4 heteroatoms. The van der Waals surface area contributed by atoms with Crippen molar-refractivity contribution in [3.63, 3.8) is 0 Å². The molecule has 0 aliphatic heterocycles. The molecule has 2 aromatic rings. The van der Waals surface area contributed by atoms with E-state index in [0.29, 0.717) is 0 Å². The largest absolute Gasteiger partial charge is 0.310 e. The van der Waals surface area contributed by atoms with Gasteiger partial charge in [-0.1, -0.05) is 41.1 Å². The highest BCUT2D eigenvalue weighted by molar-refractivity contribution is 9.10. The molecule has 0 aliphatic rings. The van der Waals surface area contributed by atoms with E-state index in [9.17, 15) is 0 Å². The molecule has 0 aliphatic carbocycles. The van der Waals surface area contributed by atoms with Crippen LogP contribution in [-0.4, -0.2) is 11.5 Å². The average molecular weight is 412 g/mol. The first-order chi connectivity index (χ1) is 10.1. The Labute approximate surface area is 143 Å². The van der Waals surface area contributed by atoms with Crippen LogP contribution in [0.2, 0.25) is 0 Å². The van der Waals surface area contributed by atoms with Gasteiger partial charge in [0.1, 0.15) is 0 Å². The number of rotatable bonds is 6. The van der Waals surface area contributed by atoms with Crippen LogP contribution in [-0.2, 0) is 6.42 Å². The molecule has 0 amide bonds. The highest BCUT2D eigenvalue weighted by Crippen LogP contribution is 2.28. The summed E-state index contributed by atoms with van der Waals surface area (Å²) in [6.45, 7) is 5.32. The Morgan fingerprint density at radius 3 is 2.67 bits per heavy atom. The summed E-state index contributed by atoms with van der Waals surface area (Å²) in [5.41, 5.74) is 3.66. The minimum Gasteiger partial charge on any atom is -0.310 e. The molecule has 112 valence electrons. The van der Waals surface area contributed by atoms with Gasteiger partial charge < -0.3 is 5.32 Å². The van der Waals surface area contributed by atoms with Crippen molar-refractivity contribution in [2.24, 2.45) is 0 Å². The van der Waals surface area contributed by atoms with Crippen molar-refractivity contribution in [3.05, 3.63) is 62.3 Å². The topological polar surface area (TPSA) is 24.9 Å².